The van der Waals surface area contributed by atoms with E-state index in [0.717, 1.165) is 24.3 Å². The van der Waals surface area contributed by atoms with Crippen molar-refractivity contribution in [3.05, 3.63) is 40.6 Å². The van der Waals surface area contributed by atoms with Crippen LogP contribution in [0.3, 0.4) is 0 Å². The normalized spacial score (nSPS) is 14.6. The van der Waals surface area contributed by atoms with E-state index in [9.17, 15) is 43.2 Å². The van der Waals surface area contributed by atoms with E-state index in [1.165, 1.54) is 6.07 Å². The molecule has 14 heteroatoms. The van der Waals surface area contributed by atoms with Gasteiger partial charge in [-0.05, 0) is 11.4 Å². The van der Waals surface area contributed by atoms with E-state index in [1.54, 1.807) is 0 Å². The Morgan fingerprint density at radius 1 is 0.870 bits per heavy atom. The molecule has 0 amide bonds. The highest BCUT2D eigenvalue weighted by Gasteiger charge is 2.45. The van der Waals surface area contributed by atoms with Crippen LogP contribution in [0.2, 0.25) is 0 Å². The van der Waals surface area contributed by atoms with Crippen molar-refractivity contribution in [2.45, 2.75) is 11.0 Å². The fraction of sp³-hybridized carbons (Fsp3) is 0.222. The summed E-state index contributed by atoms with van der Waals surface area (Å²) in [6.07, 6.45) is 0. The third-order valence-corrected chi connectivity index (χ3v) is 4.03. The number of halogens is 6. The minimum Gasteiger partial charge on any atom is -0.349 e. The van der Waals surface area contributed by atoms with Crippen LogP contribution in [0.4, 0.5) is 26.3 Å². The highest BCUT2D eigenvalue weighted by Crippen LogP contribution is 2.31. The summed E-state index contributed by atoms with van der Waals surface area (Å²) in [7, 11) is -12.6. The Morgan fingerprint density at radius 3 is 1.74 bits per heavy atom. The summed E-state index contributed by atoms with van der Waals surface area (Å²) >= 11 is 0. The topological polar surface area (TPSA) is 94.7 Å². The molecule has 0 aliphatic rings. The van der Waals surface area contributed by atoms with Gasteiger partial charge in [0.25, 0.3) is 20.0 Å². The van der Waals surface area contributed by atoms with Crippen molar-refractivity contribution in [2.24, 2.45) is 4.40 Å². The van der Waals surface area contributed by atoms with Crippen LogP contribution in [-0.2, 0) is 20.0 Å². The van der Waals surface area contributed by atoms with Gasteiger partial charge in [-0.3, -0.25) is 0 Å². The molecule has 0 unspecified atom stereocenters. The summed E-state index contributed by atoms with van der Waals surface area (Å²) in [5.41, 5.74) is -12.6. The lowest BCUT2D eigenvalue weighted by atomic mass is 10.2. The molecule has 1 aromatic rings. The summed E-state index contributed by atoms with van der Waals surface area (Å²) in [5, 5.41) is 0. The van der Waals surface area contributed by atoms with E-state index < -0.39 is 42.5 Å². The Labute approximate surface area is 125 Å². The molecule has 0 aliphatic carbocycles. The third-order valence-electron chi connectivity index (χ3n) is 2.03. The summed E-state index contributed by atoms with van der Waals surface area (Å²) < 4.78 is 121. The lowest BCUT2D eigenvalue weighted by Crippen LogP contribution is -2.26. The summed E-state index contributed by atoms with van der Waals surface area (Å²) in [5.74, 6) is -1.76. The molecule has 0 N–H and O–H groups in total. The first-order valence-corrected chi connectivity index (χ1v) is 8.06. The lowest BCUT2D eigenvalue weighted by Gasteiger charge is -2.21. The Morgan fingerprint density at radius 2 is 1.35 bits per heavy atom. The number of sulfonamides is 2. The van der Waals surface area contributed by atoms with Gasteiger partial charge in [0.2, 0.25) is 0 Å². The third kappa shape index (κ3) is 4.57. The SMILES string of the molecule is O=S(=O)(/N=C(/[N-]S(=O)(=O)C(F)(F)F)c1ccccc1)C(F)(F)F. The summed E-state index contributed by atoms with van der Waals surface area (Å²) in [4.78, 5) is 0. The number of hydrogen-bond acceptors (Lipinski definition) is 4. The van der Waals surface area contributed by atoms with Gasteiger partial charge >= 0.3 is 11.0 Å². The van der Waals surface area contributed by atoms with Crippen LogP contribution in [0.1, 0.15) is 5.56 Å². The number of amidine groups is 1. The molecule has 0 atom stereocenters. The first kappa shape index (κ1) is 19.2. The Kier molecular flexibility index (Phi) is 5.01. The maximum atomic E-state index is 12.3. The fourth-order valence-corrected chi connectivity index (χ4v) is 2.05. The Balaban J connectivity index is 3.49. The maximum absolute atomic E-state index is 12.3. The van der Waals surface area contributed by atoms with Gasteiger partial charge in [0.05, 0.1) is 0 Å². The van der Waals surface area contributed by atoms with E-state index in [2.05, 4.69) is 9.12 Å². The van der Waals surface area contributed by atoms with E-state index in [1.807, 2.05) is 0 Å². The second-order valence-corrected chi connectivity index (χ2v) is 6.91. The quantitative estimate of drug-likeness (QED) is 0.455. The van der Waals surface area contributed by atoms with Crippen molar-refractivity contribution in [1.82, 2.24) is 0 Å². The molecule has 0 aliphatic heterocycles. The molecule has 0 fully saturated rings. The second-order valence-electron chi connectivity index (χ2n) is 3.71. The number of nitrogens with zero attached hydrogens (tertiary/aromatic N) is 2. The van der Waals surface area contributed by atoms with Crippen LogP contribution in [-0.4, -0.2) is 33.7 Å². The molecule has 130 valence electrons. The number of benzene rings is 1. The molecule has 0 heterocycles. The first-order valence-electron chi connectivity index (χ1n) is 5.18. The van der Waals surface area contributed by atoms with Crippen LogP contribution in [0.25, 0.3) is 4.72 Å². The highest BCUT2D eigenvalue weighted by molar-refractivity contribution is 7.96. The van der Waals surface area contributed by atoms with Crippen molar-refractivity contribution < 1.29 is 43.2 Å². The lowest BCUT2D eigenvalue weighted by molar-refractivity contribution is -0.0436. The van der Waals surface area contributed by atoms with E-state index in [0.29, 0.717) is 0 Å². The molecule has 6 nitrogen and oxygen atoms in total. The molecular weight excluding hydrogens is 378 g/mol. The van der Waals surface area contributed by atoms with E-state index >= 15 is 0 Å². The molecule has 0 spiro atoms. The van der Waals surface area contributed by atoms with Crippen molar-refractivity contribution in [1.29, 1.82) is 0 Å². The van der Waals surface area contributed by atoms with Crippen LogP contribution in [0.15, 0.2) is 34.7 Å². The van der Waals surface area contributed by atoms with Crippen LogP contribution >= 0.6 is 0 Å². The molecule has 23 heavy (non-hydrogen) atoms. The van der Waals surface area contributed by atoms with Crippen LogP contribution < -0.4 is 0 Å². The van der Waals surface area contributed by atoms with Crippen molar-refractivity contribution in [3.63, 3.8) is 0 Å². The predicted molar refractivity (Wildman–Crippen MR) is 66.3 cm³/mol. The van der Waals surface area contributed by atoms with E-state index in [4.69, 9.17) is 0 Å². The standard InChI is InChI=1S/C9H5F6N2O4S2/c10-8(11,12)22(18,19)16-7(6-4-2-1-3-5-6)17-23(20,21)9(13,14)15/h1-5H/q-1. The molecule has 1 rings (SSSR count). The van der Waals surface area contributed by atoms with Gasteiger partial charge in [-0.15, -0.1) is 0 Å². The van der Waals surface area contributed by atoms with Crippen molar-refractivity contribution in [3.8, 4) is 0 Å². The molecule has 1 aromatic carbocycles. The molecular formula is C9H5F6N2O4S2-. The van der Waals surface area contributed by atoms with Gasteiger partial charge < -0.3 is 9.12 Å². The molecule has 0 aromatic heterocycles. The smallest absolute Gasteiger partial charge is 0.349 e. The zero-order valence-electron chi connectivity index (χ0n) is 10.5. The molecule has 0 radical (unpaired) electrons. The summed E-state index contributed by atoms with van der Waals surface area (Å²) in [6, 6.07) is 5.15. The maximum Gasteiger partial charge on any atom is 0.499 e. The zero-order chi connectivity index (χ0) is 18.1. The van der Waals surface area contributed by atoms with Gasteiger partial charge in [-0.25, -0.2) is 16.8 Å². The molecule has 0 saturated carbocycles. The van der Waals surface area contributed by atoms with E-state index in [-0.39, 0.29) is 0 Å². The molecule has 0 saturated heterocycles. The second kappa shape index (κ2) is 5.99. The number of rotatable bonds is 3. The monoisotopic (exact) mass is 383 g/mol. The summed E-state index contributed by atoms with van der Waals surface area (Å²) in [6.45, 7) is 0. The van der Waals surface area contributed by atoms with Gasteiger partial charge in [0.15, 0.2) is 0 Å². The van der Waals surface area contributed by atoms with Crippen LogP contribution in [0, 0.1) is 0 Å². The number of alkyl halides is 6. The fourth-order valence-electron chi connectivity index (χ4n) is 1.04. The van der Waals surface area contributed by atoms with Crippen LogP contribution in [0.5, 0.6) is 0 Å². The minimum atomic E-state index is -6.30. The largest absolute Gasteiger partial charge is 0.499 e. The molecule has 0 bridgehead atoms. The Hall–Kier alpha value is -1.83. The number of hydrogen-bond donors (Lipinski definition) is 0. The van der Waals surface area contributed by atoms with Gasteiger partial charge in [-0.1, -0.05) is 30.3 Å². The van der Waals surface area contributed by atoms with Crippen molar-refractivity contribution in [2.75, 3.05) is 0 Å². The first-order chi connectivity index (χ1) is 10.2. The predicted octanol–water partition coefficient (Wildman–Crippen LogP) is 2.51. The Bertz CT molecular complexity index is 797. The average molecular weight is 383 g/mol. The minimum absolute atomic E-state index is 0.673. The zero-order valence-corrected chi connectivity index (χ0v) is 12.1. The van der Waals surface area contributed by atoms with Gasteiger partial charge in [0.1, 0.15) is 0 Å². The van der Waals surface area contributed by atoms with Gasteiger partial charge in [0, 0.05) is 0 Å². The van der Waals surface area contributed by atoms with Crippen molar-refractivity contribution >= 4 is 25.9 Å². The average Bonchev–Trinajstić information content (AvgIpc) is 2.35. The highest BCUT2D eigenvalue weighted by atomic mass is 32.2. The van der Waals surface area contributed by atoms with Gasteiger partial charge in [-0.2, -0.15) is 26.3 Å².